The molecule has 4 rings (SSSR count). The highest BCUT2D eigenvalue weighted by molar-refractivity contribution is 5.85. The first-order valence-electron chi connectivity index (χ1n) is 10.5. The maximum atomic E-state index is 14.0. The summed E-state index contributed by atoms with van der Waals surface area (Å²) < 4.78 is 62.4. The van der Waals surface area contributed by atoms with E-state index in [1.807, 2.05) is 19.1 Å². The molecule has 0 unspecified atom stereocenters. The fourth-order valence-corrected chi connectivity index (χ4v) is 3.54. The van der Waals surface area contributed by atoms with Crippen LogP contribution in [-0.2, 0) is 6.18 Å². The van der Waals surface area contributed by atoms with Crippen molar-refractivity contribution in [3.05, 3.63) is 87.8 Å². The van der Waals surface area contributed by atoms with Crippen molar-refractivity contribution in [1.82, 2.24) is 9.55 Å². The summed E-state index contributed by atoms with van der Waals surface area (Å²) in [4.78, 5) is 17.3. The number of nitrogens with zero attached hydrogens (tertiary/aromatic N) is 2. The van der Waals surface area contributed by atoms with Crippen LogP contribution in [0.5, 0.6) is 5.88 Å². The highest BCUT2D eigenvalue weighted by Crippen LogP contribution is 2.37. The van der Waals surface area contributed by atoms with E-state index in [1.165, 1.54) is 28.8 Å². The van der Waals surface area contributed by atoms with Crippen molar-refractivity contribution >= 4 is 22.5 Å². The molecule has 0 saturated heterocycles. The lowest BCUT2D eigenvalue weighted by atomic mass is 10.1. The number of ether oxygens (including phenoxy) is 1. The second kappa shape index (κ2) is 8.81. The smallest absolute Gasteiger partial charge is 0.417 e. The SMILES string of the molecule is Cc1ccc(Nc2cc(=O)c3c(C(F)(F)F)cc(OC(C)C)nc3n2-c2ccc(F)cc2)cc1. The highest BCUT2D eigenvalue weighted by atomic mass is 19.4. The Labute approximate surface area is 192 Å². The molecule has 0 spiro atoms. The summed E-state index contributed by atoms with van der Waals surface area (Å²) >= 11 is 0. The number of pyridine rings is 2. The predicted molar refractivity (Wildman–Crippen MR) is 123 cm³/mol. The molecule has 0 aliphatic heterocycles. The lowest BCUT2D eigenvalue weighted by molar-refractivity contribution is -0.136. The summed E-state index contributed by atoms with van der Waals surface area (Å²) in [6.07, 6.45) is -5.28. The minimum absolute atomic E-state index is 0.162. The van der Waals surface area contributed by atoms with Crippen molar-refractivity contribution in [3.8, 4) is 11.6 Å². The van der Waals surface area contributed by atoms with Crippen LogP contribution in [0.4, 0.5) is 29.1 Å². The Morgan fingerprint density at radius 2 is 1.65 bits per heavy atom. The van der Waals surface area contributed by atoms with Gasteiger partial charge in [-0.05, 0) is 57.2 Å². The van der Waals surface area contributed by atoms with Gasteiger partial charge < -0.3 is 10.1 Å². The number of alkyl halides is 3. The Morgan fingerprint density at radius 3 is 2.24 bits per heavy atom. The average Bonchev–Trinajstić information content (AvgIpc) is 2.75. The number of hydrogen-bond donors (Lipinski definition) is 1. The lowest BCUT2D eigenvalue weighted by Gasteiger charge is -2.21. The van der Waals surface area contributed by atoms with E-state index in [9.17, 15) is 22.4 Å². The Morgan fingerprint density at radius 1 is 1.00 bits per heavy atom. The molecule has 34 heavy (non-hydrogen) atoms. The quantitative estimate of drug-likeness (QED) is 0.343. The van der Waals surface area contributed by atoms with E-state index in [2.05, 4.69) is 10.3 Å². The molecule has 0 bridgehead atoms. The first-order valence-corrected chi connectivity index (χ1v) is 10.5. The van der Waals surface area contributed by atoms with Gasteiger partial charge in [0.1, 0.15) is 11.6 Å². The van der Waals surface area contributed by atoms with E-state index in [1.54, 1.807) is 26.0 Å². The predicted octanol–water partition coefficient (Wildman–Crippen LogP) is 6.38. The molecule has 176 valence electrons. The van der Waals surface area contributed by atoms with Gasteiger partial charge in [0.25, 0.3) is 0 Å². The minimum atomic E-state index is -4.83. The molecule has 0 aliphatic rings. The van der Waals surface area contributed by atoms with E-state index in [0.717, 1.165) is 17.7 Å². The molecule has 9 heteroatoms. The van der Waals surface area contributed by atoms with Crippen molar-refractivity contribution in [2.24, 2.45) is 0 Å². The molecule has 2 aromatic carbocycles. The molecule has 0 amide bonds. The Balaban J connectivity index is 2.08. The zero-order chi connectivity index (χ0) is 24.6. The molecule has 0 saturated carbocycles. The van der Waals surface area contributed by atoms with Crippen LogP contribution in [0.1, 0.15) is 25.0 Å². The number of aryl methyl sites for hydroxylation is 1. The molecule has 2 heterocycles. The van der Waals surface area contributed by atoms with Crippen LogP contribution in [0.15, 0.2) is 65.5 Å². The van der Waals surface area contributed by atoms with Crippen LogP contribution in [0, 0.1) is 12.7 Å². The minimum Gasteiger partial charge on any atom is -0.475 e. The molecular formula is C25H21F4N3O2. The monoisotopic (exact) mass is 471 g/mol. The number of aromatic nitrogens is 2. The summed E-state index contributed by atoms with van der Waals surface area (Å²) in [5.41, 5.74) is -0.366. The zero-order valence-electron chi connectivity index (χ0n) is 18.6. The van der Waals surface area contributed by atoms with Gasteiger partial charge >= 0.3 is 6.18 Å². The molecule has 4 aromatic rings. The van der Waals surface area contributed by atoms with Gasteiger partial charge in [-0.3, -0.25) is 9.36 Å². The van der Waals surface area contributed by atoms with Crippen molar-refractivity contribution < 1.29 is 22.3 Å². The van der Waals surface area contributed by atoms with Crippen molar-refractivity contribution in [2.75, 3.05) is 5.32 Å². The maximum absolute atomic E-state index is 14.0. The van der Waals surface area contributed by atoms with Crippen molar-refractivity contribution in [2.45, 2.75) is 33.1 Å². The molecule has 0 radical (unpaired) electrons. The summed E-state index contributed by atoms with van der Waals surface area (Å²) in [6.45, 7) is 5.22. The van der Waals surface area contributed by atoms with E-state index < -0.39 is 34.5 Å². The average molecular weight is 471 g/mol. The van der Waals surface area contributed by atoms with Crippen molar-refractivity contribution in [3.63, 3.8) is 0 Å². The van der Waals surface area contributed by atoms with E-state index in [-0.39, 0.29) is 17.3 Å². The number of halogens is 4. The number of hydrogen-bond acceptors (Lipinski definition) is 4. The molecule has 5 nitrogen and oxygen atoms in total. The summed E-state index contributed by atoms with van der Waals surface area (Å²) in [7, 11) is 0. The van der Waals surface area contributed by atoms with Gasteiger partial charge in [-0.1, -0.05) is 17.7 Å². The lowest BCUT2D eigenvalue weighted by Crippen LogP contribution is -2.19. The number of rotatable bonds is 5. The van der Waals surface area contributed by atoms with Crippen LogP contribution < -0.4 is 15.5 Å². The van der Waals surface area contributed by atoms with Crippen LogP contribution >= 0.6 is 0 Å². The number of nitrogens with one attached hydrogen (secondary N) is 1. The van der Waals surface area contributed by atoms with Crippen LogP contribution in [-0.4, -0.2) is 15.7 Å². The van der Waals surface area contributed by atoms with Gasteiger partial charge in [0.15, 0.2) is 11.1 Å². The maximum Gasteiger partial charge on any atom is 0.417 e. The van der Waals surface area contributed by atoms with Gasteiger partial charge in [-0.15, -0.1) is 0 Å². The topological polar surface area (TPSA) is 56.1 Å². The standard InChI is InChI=1S/C25H21F4N3O2/c1-14(2)34-22-12-19(25(27,28)29)23-20(33)13-21(30-17-8-4-15(3)5-9-17)32(24(23)31-22)18-10-6-16(26)7-11-18/h4-14,30H,1-3H3. The second-order valence-electron chi connectivity index (χ2n) is 8.07. The largest absolute Gasteiger partial charge is 0.475 e. The van der Waals surface area contributed by atoms with E-state index >= 15 is 0 Å². The van der Waals surface area contributed by atoms with E-state index in [0.29, 0.717) is 11.4 Å². The normalized spacial score (nSPS) is 11.8. The fourth-order valence-electron chi connectivity index (χ4n) is 3.54. The Kier molecular flexibility index (Phi) is 6.03. The van der Waals surface area contributed by atoms with Crippen LogP contribution in [0.3, 0.4) is 0 Å². The third-order valence-corrected chi connectivity index (χ3v) is 5.01. The van der Waals surface area contributed by atoms with Crippen molar-refractivity contribution in [1.29, 1.82) is 0 Å². The number of anilines is 2. The zero-order valence-corrected chi connectivity index (χ0v) is 18.6. The fraction of sp³-hybridized carbons (Fsp3) is 0.200. The van der Waals surface area contributed by atoms with Gasteiger partial charge in [-0.25, -0.2) is 4.39 Å². The van der Waals surface area contributed by atoms with E-state index in [4.69, 9.17) is 4.74 Å². The summed E-state index contributed by atoms with van der Waals surface area (Å²) in [5, 5.41) is 2.46. The van der Waals surface area contributed by atoms with Gasteiger partial charge in [0, 0.05) is 23.5 Å². The highest BCUT2D eigenvalue weighted by Gasteiger charge is 2.36. The first kappa shape index (κ1) is 23.3. The Bertz CT molecular complexity index is 1390. The number of fused-ring (bicyclic) bond motifs is 1. The molecular weight excluding hydrogens is 450 g/mol. The first-order chi connectivity index (χ1) is 16.0. The van der Waals surface area contributed by atoms with Gasteiger partial charge in [0.2, 0.25) is 5.88 Å². The number of benzene rings is 2. The Hall–Kier alpha value is -3.88. The summed E-state index contributed by atoms with van der Waals surface area (Å²) in [5.74, 6) is -0.636. The van der Waals surface area contributed by atoms with Gasteiger partial charge in [-0.2, -0.15) is 18.2 Å². The summed E-state index contributed by atoms with van der Waals surface area (Å²) in [6, 6.07) is 14.2. The molecule has 2 aromatic heterocycles. The van der Waals surface area contributed by atoms with Crippen LogP contribution in [0.25, 0.3) is 16.7 Å². The van der Waals surface area contributed by atoms with Crippen LogP contribution in [0.2, 0.25) is 0 Å². The second-order valence-corrected chi connectivity index (χ2v) is 8.07. The molecule has 0 fully saturated rings. The molecule has 0 atom stereocenters. The third-order valence-electron chi connectivity index (χ3n) is 5.01. The third kappa shape index (κ3) is 4.73. The molecule has 1 N–H and O–H groups in total. The molecule has 0 aliphatic carbocycles. The van der Waals surface area contributed by atoms with Gasteiger partial charge in [0.05, 0.1) is 17.1 Å².